The van der Waals surface area contributed by atoms with Crippen molar-refractivity contribution in [2.24, 2.45) is 0 Å². The van der Waals surface area contributed by atoms with Gasteiger partial charge in [-0.15, -0.1) is 13.2 Å². The summed E-state index contributed by atoms with van der Waals surface area (Å²) >= 11 is 0. The van der Waals surface area contributed by atoms with Crippen LogP contribution in [0.15, 0.2) is 48.5 Å². The molecule has 0 aliphatic rings. The average Bonchev–Trinajstić information content (AvgIpc) is 2.54. The van der Waals surface area contributed by atoms with Crippen molar-refractivity contribution < 1.29 is 27.6 Å². The first-order chi connectivity index (χ1) is 12.2. The van der Waals surface area contributed by atoms with Gasteiger partial charge in [-0.25, -0.2) is 4.79 Å². The summed E-state index contributed by atoms with van der Waals surface area (Å²) in [6.07, 6.45) is -4.78. The number of amides is 2. The van der Waals surface area contributed by atoms with E-state index in [1.54, 1.807) is 6.92 Å². The number of nitrogens with zero attached hydrogens (tertiary/aromatic N) is 1. The third-order valence-electron chi connectivity index (χ3n) is 3.31. The number of nitrogens with one attached hydrogen (secondary N) is 2. The summed E-state index contributed by atoms with van der Waals surface area (Å²) in [5.41, 5.74) is 0.289. The number of halogens is 3. The van der Waals surface area contributed by atoms with Crippen molar-refractivity contribution in [3.05, 3.63) is 64.2 Å². The van der Waals surface area contributed by atoms with Gasteiger partial charge in [0.15, 0.2) is 0 Å². The van der Waals surface area contributed by atoms with Gasteiger partial charge in [0.1, 0.15) is 11.4 Å². The number of para-hydroxylation sites is 2. The molecule has 0 saturated carbocycles. The Kier molecular flexibility index (Phi) is 5.65. The highest BCUT2D eigenvalue weighted by Crippen LogP contribution is 2.25. The lowest BCUT2D eigenvalue weighted by molar-refractivity contribution is -0.383. The van der Waals surface area contributed by atoms with Crippen LogP contribution in [0.3, 0.4) is 0 Å². The predicted molar refractivity (Wildman–Crippen MR) is 86.8 cm³/mol. The third kappa shape index (κ3) is 5.36. The van der Waals surface area contributed by atoms with Crippen molar-refractivity contribution in [3.8, 4) is 5.75 Å². The van der Waals surface area contributed by atoms with Crippen molar-refractivity contribution in [3.63, 3.8) is 0 Å². The maximum atomic E-state index is 12.1. The molecule has 2 aromatic carbocycles. The molecule has 2 amide bonds. The number of nitro groups is 1. The summed E-state index contributed by atoms with van der Waals surface area (Å²) in [7, 11) is 0. The Bertz CT molecular complexity index is 794. The van der Waals surface area contributed by atoms with Gasteiger partial charge in [0.25, 0.3) is 5.69 Å². The molecule has 0 aliphatic carbocycles. The zero-order valence-electron chi connectivity index (χ0n) is 13.4. The highest BCUT2D eigenvalue weighted by Gasteiger charge is 2.31. The second-order valence-electron chi connectivity index (χ2n) is 5.21. The minimum absolute atomic E-state index is 0.0242. The maximum Gasteiger partial charge on any atom is 0.573 e. The van der Waals surface area contributed by atoms with Crippen LogP contribution in [0.25, 0.3) is 0 Å². The summed E-state index contributed by atoms with van der Waals surface area (Å²) in [5.74, 6) is -0.377. The summed E-state index contributed by atoms with van der Waals surface area (Å²) < 4.78 is 40.2. The molecular weight excluding hydrogens is 355 g/mol. The highest BCUT2D eigenvalue weighted by molar-refractivity contribution is 5.91. The highest BCUT2D eigenvalue weighted by atomic mass is 19.4. The van der Waals surface area contributed by atoms with Gasteiger partial charge in [-0.05, 0) is 30.7 Å². The Morgan fingerprint density at radius 2 is 1.77 bits per heavy atom. The van der Waals surface area contributed by atoms with Crippen LogP contribution in [0, 0.1) is 10.1 Å². The molecule has 2 aromatic rings. The molecule has 2 rings (SSSR count). The van der Waals surface area contributed by atoms with Crippen molar-refractivity contribution in [1.29, 1.82) is 0 Å². The molecule has 0 bridgehead atoms. The van der Waals surface area contributed by atoms with Crippen LogP contribution in [-0.4, -0.2) is 17.3 Å². The number of ether oxygens (including phenoxy) is 1. The van der Waals surface area contributed by atoms with E-state index in [-0.39, 0.29) is 17.1 Å². The monoisotopic (exact) mass is 369 g/mol. The molecule has 7 nitrogen and oxygen atoms in total. The molecule has 0 unspecified atom stereocenters. The zero-order valence-corrected chi connectivity index (χ0v) is 13.4. The molecule has 0 aliphatic heterocycles. The van der Waals surface area contributed by atoms with E-state index in [2.05, 4.69) is 15.4 Å². The topological polar surface area (TPSA) is 93.5 Å². The molecule has 26 heavy (non-hydrogen) atoms. The molecule has 0 aromatic heterocycles. The Hall–Kier alpha value is -3.30. The molecule has 0 radical (unpaired) electrons. The van der Waals surface area contributed by atoms with Crippen molar-refractivity contribution in [2.45, 2.75) is 19.3 Å². The Labute approximate surface area is 145 Å². The van der Waals surface area contributed by atoms with Crippen LogP contribution in [-0.2, 0) is 0 Å². The number of hydrogen-bond donors (Lipinski definition) is 2. The molecular formula is C16H14F3N3O4. The fourth-order valence-electron chi connectivity index (χ4n) is 2.14. The van der Waals surface area contributed by atoms with Crippen LogP contribution >= 0.6 is 0 Å². The lowest BCUT2D eigenvalue weighted by atomic mass is 10.1. The van der Waals surface area contributed by atoms with Gasteiger partial charge in [0.05, 0.1) is 11.0 Å². The van der Waals surface area contributed by atoms with Crippen LogP contribution in [0.4, 0.5) is 29.3 Å². The van der Waals surface area contributed by atoms with E-state index in [0.29, 0.717) is 5.56 Å². The first-order valence-corrected chi connectivity index (χ1v) is 7.32. The van der Waals surface area contributed by atoms with Gasteiger partial charge in [-0.2, -0.15) is 0 Å². The van der Waals surface area contributed by atoms with Gasteiger partial charge in [-0.1, -0.05) is 24.3 Å². The number of carbonyl (C=O) groups is 1. The first-order valence-electron chi connectivity index (χ1n) is 7.32. The number of nitro benzene ring substituents is 1. The molecule has 138 valence electrons. The predicted octanol–water partition coefficient (Wildman–Crippen LogP) is 4.38. The normalized spacial score (nSPS) is 12.2. The van der Waals surface area contributed by atoms with Crippen molar-refractivity contribution >= 4 is 17.4 Å². The van der Waals surface area contributed by atoms with E-state index < -0.39 is 23.4 Å². The number of benzene rings is 2. The molecule has 2 N–H and O–H groups in total. The molecule has 0 heterocycles. The number of hydrogen-bond acceptors (Lipinski definition) is 4. The summed E-state index contributed by atoms with van der Waals surface area (Å²) in [6.45, 7) is 1.61. The van der Waals surface area contributed by atoms with Crippen molar-refractivity contribution in [2.75, 3.05) is 5.32 Å². The molecule has 0 fully saturated rings. The minimum atomic E-state index is -4.78. The second kappa shape index (κ2) is 7.72. The summed E-state index contributed by atoms with van der Waals surface area (Å²) in [6, 6.07) is 9.37. The first kappa shape index (κ1) is 19.0. The Morgan fingerprint density at radius 1 is 1.15 bits per heavy atom. The number of alkyl halides is 3. The fourth-order valence-corrected chi connectivity index (χ4v) is 2.14. The fraction of sp³-hybridized carbons (Fsp3) is 0.188. The van der Waals surface area contributed by atoms with E-state index in [1.165, 1.54) is 36.4 Å². The second-order valence-corrected chi connectivity index (χ2v) is 5.21. The lowest BCUT2D eigenvalue weighted by Crippen LogP contribution is -2.31. The number of anilines is 1. The number of urea groups is 1. The van der Waals surface area contributed by atoms with Gasteiger partial charge in [0.2, 0.25) is 0 Å². The smallest absolute Gasteiger partial charge is 0.406 e. The lowest BCUT2D eigenvalue weighted by Gasteiger charge is -2.16. The quantitative estimate of drug-likeness (QED) is 0.604. The molecule has 0 saturated heterocycles. The Morgan fingerprint density at radius 3 is 2.35 bits per heavy atom. The van der Waals surface area contributed by atoms with Gasteiger partial charge < -0.3 is 15.4 Å². The van der Waals surface area contributed by atoms with Crippen LogP contribution in [0.2, 0.25) is 0 Å². The van der Waals surface area contributed by atoms with E-state index >= 15 is 0 Å². The number of rotatable bonds is 5. The van der Waals surface area contributed by atoms with Crippen molar-refractivity contribution in [1.82, 2.24) is 5.32 Å². The maximum absolute atomic E-state index is 12.1. The van der Waals surface area contributed by atoms with Gasteiger partial charge in [0, 0.05) is 6.07 Å². The number of carbonyl (C=O) groups excluding carboxylic acids is 1. The van der Waals surface area contributed by atoms with E-state index in [4.69, 9.17) is 0 Å². The third-order valence-corrected chi connectivity index (χ3v) is 3.31. The van der Waals surface area contributed by atoms with Crippen LogP contribution < -0.4 is 15.4 Å². The van der Waals surface area contributed by atoms with E-state index in [1.807, 2.05) is 0 Å². The zero-order chi connectivity index (χ0) is 19.3. The molecule has 1 atom stereocenters. The van der Waals surface area contributed by atoms with Gasteiger partial charge >= 0.3 is 12.4 Å². The minimum Gasteiger partial charge on any atom is -0.406 e. The summed E-state index contributed by atoms with van der Waals surface area (Å²) in [5, 5.41) is 15.8. The molecule has 0 spiro atoms. The van der Waals surface area contributed by atoms with E-state index in [0.717, 1.165) is 12.1 Å². The molecule has 10 heteroatoms. The van der Waals surface area contributed by atoms with Crippen LogP contribution in [0.1, 0.15) is 18.5 Å². The van der Waals surface area contributed by atoms with E-state index in [9.17, 15) is 28.1 Å². The average molecular weight is 369 g/mol. The Balaban J connectivity index is 2.00. The SMILES string of the molecule is C[C@H](NC(=O)Nc1ccccc1[N+](=O)[O-])c1ccc(OC(F)(F)F)cc1. The van der Waals surface area contributed by atoms with Crippen LogP contribution in [0.5, 0.6) is 5.75 Å². The largest absolute Gasteiger partial charge is 0.573 e. The van der Waals surface area contributed by atoms with Gasteiger partial charge in [-0.3, -0.25) is 10.1 Å². The summed E-state index contributed by atoms with van der Waals surface area (Å²) in [4.78, 5) is 22.3. The standard InChI is InChI=1S/C16H14F3N3O4/c1-10(11-6-8-12(9-7-11)26-16(17,18)19)20-15(23)21-13-4-2-3-5-14(13)22(24)25/h2-10H,1H3,(H2,20,21,23)/t10-/m0/s1.